The van der Waals surface area contributed by atoms with Crippen molar-refractivity contribution in [3.63, 3.8) is 0 Å². The maximum atomic E-state index is 15.1. The van der Waals surface area contributed by atoms with E-state index >= 15 is 4.39 Å². The lowest BCUT2D eigenvalue weighted by molar-refractivity contribution is -0.136. The first kappa shape index (κ1) is 24.8. The molecule has 0 bridgehead atoms. The molecular weight excluding hydrogens is 485 g/mol. The van der Waals surface area contributed by atoms with Gasteiger partial charge in [0.15, 0.2) is 23.1 Å². The molecule has 2 saturated heterocycles. The Hall–Kier alpha value is -3.83. The van der Waals surface area contributed by atoms with Crippen molar-refractivity contribution in [3.8, 4) is 23.0 Å². The number of imide groups is 1. The van der Waals surface area contributed by atoms with Gasteiger partial charge in [-0.3, -0.25) is 19.8 Å². The Balaban J connectivity index is 1.35. The number of nitrogens with one attached hydrogen (secondary N) is 1. The zero-order valence-corrected chi connectivity index (χ0v) is 20.1. The lowest BCUT2D eigenvalue weighted by Crippen LogP contribution is -2.50. The number of fused-ring (bicyclic) bond motifs is 1. The van der Waals surface area contributed by atoms with Crippen LogP contribution in [0.4, 0.5) is 4.39 Å². The highest BCUT2D eigenvalue weighted by molar-refractivity contribution is 6.01. The second-order valence-electron chi connectivity index (χ2n) is 9.32. The van der Waals surface area contributed by atoms with E-state index in [2.05, 4.69) is 11.9 Å². The Bertz CT molecular complexity index is 1250. The fraction of sp³-hybridized carbons (Fsp3) is 0.385. The van der Waals surface area contributed by atoms with Crippen molar-refractivity contribution < 1.29 is 38.8 Å². The van der Waals surface area contributed by atoms with Crippen molar-refractivity contribution in [3.05, 3.63) is 52.8 Å². The number of nitrogens with zero attached hydrogens (tertiary/aromatic N) is 2. The van der Waals surface area contributed by atoms with Crippen molar-refractivity contribution in [2.24, 2.45) is 0 Å². The van der Waals surface area contributed by atoms with Gasteiger partial charge in [-0.05, 0) is 12.5 Å². The molecule has 0 aromatic heterocycles. The summed E-state index contributed by atoms with van der Waals surface area (Å²) in [6, 6.07) is 4.66. The molecule has 196 valence electrons. The first-order valence-corrected chi connectivity index (χ1v) is 12.0. The molecule has 4 N–H and O–H groups in total. The van der Waals surface area contributed by atoms with E-state index in [9.17, 15) is 24.9 Å². The van der Waals surface area contributed by atoms with Crippen LogP contribution in [0.5, 0.6) is 23.0 Å². The molecule has 2 aromatic carbocycles. The van der Waals surface area contributed by atoms with E-state index in [1.165, 1.54) is 0 Å². The van der Waals surface area contributed by atoms with Crippen LogP contribution in [0.1, 0.15) is 35.1 Å². The third kappa shape index (κ3) is 4.56. The molecule has 10 nitrogen and oxygen atoms in total. The van der Waals surface area contributed by atoms with Crippen LogP contribution in [0, 0.1) is 5.82 Å². The fourth-order valence-corrected chi connectivity index (χ4v) is 5.02. The molecular formula is C26H28FN3O7. The monoisotopic (exact) mass is 513 g/mol. The summed E-state index contributed by atoms with van der Waals surface area (Å²) in [5.41, 5.74) is 1.59. The number of carbonyl (C=O) groups excluding carboxylic acids is 2. The Morgan fingerprint density at radius 1 is 1.11 bits per heavy atom. The molecule has 0 aliphatic carbocycles. The number of phenols is 3. The maximum Gasteiger partial charge on any atom is 0.249 e. The lowest BCUT2D eigenvalue weighted by atomic mass is 10.0. The number of aromatic hydroxyl groups is 3. The Labute approximate surface area is 212 Å². The van der Waals surface area contributed by atoms with Gasteiger partial charge in [0.2, 0.25) is 11.8 Å². The minimum Gasteiger partial charge on any atom is -0.504 e. The largest absolute Gasteiger partial charge is 0.504 e. The van der Waals surface area contributed by atoms with E-state index in [0.29, 0.717) is 50.7 Å². The molecule has 5 rings (SSSR count). The Morgan fingerprint density at radius 3 is 2.57 bits per heavy atom. The van der Waals surface area contributed by atoms with Crippen LogP contribution in [0.3, 0.4) is 0 Å². The van der Waals surface area contributed by atoms with Crippen molar-refractivity contribution in [2.45, 2.75) is 38.6 Å². The van der Waals surface area contributed by atoms with Crippen molar-refractivity contribution >= 4 is 17.5 Å². The number of piperidine rings is 1. The third-order valence-corrected chi connectivity index (χ3v) is 7.12. The smallest absolute Gasteiger partial charge is 0.249 e. The predicted octanol–water partition coefficient (Wildman–Crippen LogP) is 1.95. The van der Waals surface area contributed by atoms with E-state index in [4.69, 9.17) is 9.47 Å². The standard InChI is InChI=1S/C26H28FN3O7/c1-14-15-3-2-4-20(16(15)12-30(14)19-5-6-21(31)28-26(19)35)37-13-18-22(27)23(32)17(24(33)25(18)34)11-29-7-9-36-10-8-29/h2-4,19,32-34H,1,5-13H2,(H,28,31,35). The van der Waals surface area contributed by atoms with Gasteiger partial charge < -0.3 is 29.7 Å². The van der Waals surface area contributed by atoms with Crippen LogP contribution in [0.15, 0.2) is 24.8 Å². The molecule has 11 heteroatoms. The first-order valence-electron chi connectivity index (χ1n) is 12.0. The fourth-order valence-electron chi connectivity index (χ4n) is 5.02. The second-order valence-corrected chi connectivity index (χ2v) is 9.32. The van der Waals surface area contributed by atoms with Gasteiger partial charge in [-0.2, -0.15) is 0 Å². The van der Waals surface area contributed by atoms with Gasteiger partial charge >= 0.3 is 0 Å². The van der Waals surface area contributed by atoms with Crippen molar-refractivity contribution in [1.29, 1.82) is 0 Å². The van der Waals surface area contributed by atoms with Gasteiger partial charge in [0.05, 0.1) is 24.3 Å². The molecule has 3 heterocycles. The minimum absolute atomic E-state index is 0.0527. The maximum absolute atomic E-state index is 15.1. The van der Waals surface area contributed by atoms with Gasteiger partial charge in [0.25, 0.3) is 0 Å². The summed E-state index contributed by atoms with van der Waals surface area (Å²) >= 11 is 0. The van der Waals surface area contributed by atoms with Crippen molar-refractivity contribution in [1.82, 2.24) is 15.1 Å². The molecule has 3 aliphatic heterocycles. The number of phenolic OH excluding ortho intramolecular Hbond substituents is 3. The van der Waals surface area contributed by atoms with Crippen molar-refractivity contribution in [2.75, 3.05) is 26.3 Å². The topological polar surface area (TPSA) is 132 Å². The van der Waals surface area contributed by atoms with Gasteiger partial charge in [0, 0.05) is 49.4 Å². The molecule has 0 saturated carbocycles. The zero-order chi connectivity index (χ0) is 26.3. The Morgan fingerprint density at radius 2 is 1.84 bits per heavy atom. The van der Waals surface area contributed by atoms with Gasteiger partial charge in [-0.1, -0.05) is 18.7 Å². The summed E-state index contributed by atoms with van der Waals surface area (Å²) in [5.74, 6) is -3.42. The van der Waals surface area contributed by atoms with E-state index in [1.807, 2.05) is 11.0 Å². The second kappa shape index (κ2) is 9.91. The molecule has 2 aromatic rings. The highest BCUT2D eigenvalue weighted by atomic mass is 19.1. The van der Waals surface area contributed by atoms with E-state index in [1.54, 1.807) is 17.0 Å². The Kier molecular flexibility index (Phi) is 6.65. The number of ether oxygens (including phenoxy) is 2. The van der Waals surface area contributed by atoms with Gasteiger partial charge in [0.1, 0.15) is 18.4 Å². The normalized spacial score (nSPS) is 20.2. The zero-order valence-electron chi connectivity index (χ0n) is 20.1. The summed E-state index contributed by atoms with van der Waals surface area (Å²) in [7, 11) is 0. The lowest BCUT2D eigenvalue weighted by Gasteiger charge is -2.31. The van der Waals surface area contributed by atoms with Crippen LogP contribution in [0.2, 0.25) is 0 Å². The first-order chi connectivity index (χ1) is 17.8. The van der Waals surface area contributed by atoms with Crippen LogP contribution in [-0.4, -0.2) is 69.3 Å². The average molecular weight is 514 g/mol. The van der Waals surface area contributed by atoms with Crippen LogP contribution >= 0.6 is 0 Å². The van der Waals surface area contributed by atoms with E-state index in [0.717, 1.165) is 11.1 Å². The minimum atomic E-state index is -1.07. The number of carbonyl (C=O) groups is 2. The average Bonchev–Trinajstić information content (AvgIpc) is 3.23. The molecule has 0 radical (unpaired) electrons. The number of amides is 2. The SMILES string of the molecule is C=C1c2cccc(OCc3c(O)c(O)c(CN4CCOCC4)c(O)c3F)c2CN1C1CCC(=O)NC1=O. The highest BCUT2D eigenvalue weighted by Gasteiger charge is 2.37. The predicted molar refractivity (Wildman–Crippen MR) is 129 cm³/mol. The van der Waals surface area contributed by atoms with E-state index in [-0.39, 0.29) is 35.9 Å². The summed E-state index contributed by atoms with van der Waals surface area (Å²) in [6.45, 7) is 6.05. The third-order valence-electron chi connectivity index (χ3n) is 7.12. The summed E-state index contributed by atoms with van der Waals surface area (Å²) in [5, 5.41) is 34.0. The molecule has 1 unspecified atom stereocenters. The molecule has 2 fully saturated rings. The number of morpholine rings is 1. The van der Waals surface area contributed by atoms with Gasteiger partial charge in [-0.15, -0.1) is 0 Å². The van der Waals surface area contributed by atoms with Gasteiger partial charge in [-0.25, -0.2) is 4.39 Å². The molecule has 37 heavy (non-hydrogen) atoms. The summed E-state index contributed by atoms with van der Waals surface area (Å²) in [6.07, 6.45) is 0.593. The van der Waals surface area contributed by atoms with Crippen LogP contribution < -0.4 is 10.1 Å². The number of halogens is 1. The molecule has 3 aliphatic rings. The highest BCUT2D eigenvalue weighted by Crippen LogP contribution is 2.44. The summed E-state index contributed by atoms with van der Waals surface area (Å²) in [4.78, 5) is 27.6. The number of benzene rings is 2. The molecule has 2 amide bonds. The van der Waals surface area contributed by atoms with Crippen LogP contribution in [-0.2, 0) is 34.0 Å². The van der Waals surface area contributed by atoms with E-state index < -0.39 is 35.7 Å². The number of rotatable bonds is 6. The quantitative estimate of drug-likeness (QED) is 0.260. The molecule has 1 atom stereocenters. The summed E-state index contributed by atoms with van der Waals surface area (Å²) < 4.78 is 26.3. The number of hydrogen-bond acceptors (Lipinski definition) is 9. The number of hydrogen-bond donors (Lipinski definition) is 4. The van der Waals surface area contributed by atoms with Crippen LogP contribution in [0.25, 0.3) is 5.70 Å². The molecule has 0 spiro atoms.